The van der Waals surface area contributed by atoms with E-state index in [9.17, 15) is 9.59 Å². The van der Waals surface area contributed by atoms with Gasteiger partial charge in [-0.3, -0.25) is 9.59 Å². The van der Waals surface area contributed by atoms with E-state index in [2.05, 4.69) is 10.6 Å². The highest BCUT2D eigenvalue weighted by Crippen LogP contribution is 2.17. The topological polar surface area (TPSA) is 84.2 Å². The molecule has 0 saturated heterocycles. The minimum atomic E-state index is -0.768. The van der Waals surface area contributed by atoms with Gasteiger partial charge in [0.1, 0.15) is 0 Å². The zero-order chi connectivity index (χ0) is 15.3. The summed E-state index contributed by atoms with van der Waals surface area (Å²) in [5.41, 5.74) is 5.85. The van der Waals surface area contributed by atoms with Gasteiger partial charge in [-0.05, 0) is 39.8 Å². The van der Waals surface area contributed by atoms with E-state index >= 15 is 0 Å². The lowest BCUT2D eigenvalue weighted by atomic mass is 9.92. The monoisotopic (exact) mass is 277 g/mol. The summed E-state index contributed by atoms with van der Waals surface area (Å²) < 4.78 is 0. The van der Waals surface area contributed by atoms with Crippen LogP contribution in [0.25, 0.3) is 0 Å². The summed E-state index contributed by atoms with van der Waals surface area (Å²) in [6.07, 6.45) is 0. The molecule has 2 amide bonds. The van der Waals surface area contributed by atoms with Gasteiger partial charge in [0.2, 0.25) is 5.91 Å². The third-order valence-corrected chi connectivity index (χ3v) is 2.97. The summed E-state index contributed by atoms with van der Waals surface area (Å²) in [4.78, 5) is 23.5. The Morgan fingerprint density at radius 2 is 1.85 bits per heavy atom. The van der Waals surface area contributed by atoms with E-state index in [1.807, 2.05) is 26.0 Å². The number of benzene rings is 1. The van der Waals surface area contributed by atoms with E-state index in [-0.39, 0.29) is 18.5 Å². The van der Waals surface area contributed by atoms with Crippen molar-refractivity contribution in [1.82, 2.24) is 5.32 Å². The van der Waals surface area contributed by atoms with Gasteiger partial charge in [-0.25, -0.2) is 0 Å². The molecule has 4 N–H and O–H groups in total. The van der Waals surface area contributed by atoms with Crippen molar-refractivity contribution >= 4 is 17.5 Å². The fourth-order valence-electron chi connectivity index (χ4n) is 1.60. The fourth-order valence-corrected chi connectivity index (χ4v) is 1.60. The smallest absolute Gasteiger partial charge is 0.253 e. The molecule has 0 heterocycles. The van der Waals surface area contributed by atoms with Crippen molar-refractivity contribution in [2.75, 3.05) is 11.9 Å². The molecule has 0 unspecified atom stereocenters. The first kappa shape index (κ1) is 16.0. The average molecular weight is 277 g/mol. The van der Waals surface area contributed by atoms with Crippen LogP contribution in [0.4, 0.5) is 5.69 Å². The van der Waals surface area contributed by atoms with Crippen molar-refractivity contribution in [3.8, 4) is 0 Å². The third kappa shape index (κ3) is 4.26. The normalized spacial score (nSPS) is 11.2. The minimum absolute atomic E-state index is 0.206. The Kier molecular flexibility index (Phi) is 5.13. The number of carbonyl (C=O) groups is 2. The SMILES string of the molecule is CC(C)Nc1ccccc1C(=O)NCC(C)(C)C(N)=O. The van der Waals surface area contributed by atoms with Gasteiger partial charge >= 0.3 is 0 Å². The third-order valence-electron chi connectivity index (χ3n) is 2.97. The van der Waals surface area contributed by atoms with Crippen molar-refractivity contribution < 1.29 is 9.59 Å². The number of amides is 2. The van der Waals surface area contributed by atoms with Crippen LogP contribution in [0.5, 0.6) is 0 Å². The zero-order valence-corrected chi connectivity index (χ0v) is 12.5. The number of anilines is 1. The summed E-state index contributed by atoms with van der Waals surface area (Å²) in [7, 11) is 0. The molecule has 0 atom stereocenters. The molecule has 1 rings (SSSR count). The predicted octanol–water partition coefficient (Wildman–Crippen LogP) is 1.75. The van der Waals surface area contributed by atoms with Crippen molar-refractivity contribution in [3.63, 3.8) is 0 Å². The molecular weight excluding hydrogens is 254 g/mol. The highest BCUT2D eigenvalue weighted by atomic mass is 16.2. The molecule has 0 aromatic heterocycles. The van der Waals surface area contributed by atoms with Crippen LogP contribution in [0.2, 0.25) is 0 Å². The minimum Gasteiger partial charge on any atom is -0.382 e. The Bertz CT molecular complexity index is 496. The van der Waals surface area contributed by atoms with E-state index in [1.165, 1.54) is 0 Å². The van der Waals surface area contributed by atoms with Gasteiger partial charge < -0.3 is 16.4 Å². The van der Waals surface area contributed by atoms with E-state index in [0.29, 0.717) is 5.56 Å². The van der Waals surface area contributed by atoms with Crippen molar-refractivity contribution in [3.05, 3.63) is 29.8 Å². The summed E-state index contributed by atoms with van der Waals surface area (Å²) in [6, 6.07) is 7.51. The fraction of sp³-hybridized carbons (Fsp3) is 0.467. The summed E-state index contributed by atoms with van der Waals surface area (Å²) >= 11 is 0. The number of hydrogen-bond acceptors (Lipinski definition) is 3. The lowest BCUT2D eigenvalue weighted by molar-refractivity contribution is -0.125. The largest absolute Gasteiger partial charge is 0.382 e. The van der Waals surface area contributed by atoms with Gasteiger partial charge in [0.25, 0.3) is 5.91 Å². The maximum Gasteiger partial charge on any atom is 0.253 e. The molecule has 1 aromatic carbocycles. The second-order valence-electron chi connectivity index (χ2n) is 5.78. The summed E-state index contributed by atoms with van der Waals surface area (Å²) in [6.45, 7) is 7.62. The van der Waals surface area contributed by atoms with Gasteiger partial charge in [-0.2, -0.15) is 0 Å². The molecule has 0 aliphatic carbocycles. The van der Waals surface area contributed by atoms with Crippen LogP contribution in [0.3, 0.4) is 0 Å². The molecule has 0 aliphatic heterocycles. The molecule has 0 radical (unpaired) electrons. The Hall–Kier alpha value is -2.04. The molecule has 110 valence electrons. The number of nitrogens with one attached hydrogen (secondary N) is 2. The van der Waals surface area contributed by atoms with Crippen LogP contribution in [-0.4, -0.2) is 24.4 Å². The number of hydrogen-bond donors (Lipinski definition) is 3. The van der Waals surface area contributed by atoms with Crippen LogP contribution in [0.15, 0.2) is 24.3 Å². The Labute approximate surface area is 119 Å². The number of para-hydroxylation sites is 1. The van der Waals surface area contributed by atoms with Crippen molar-refractivity contribution in [1.29, 1.82) is 0 Å². The van der Waals surface area contributed by atoms with Crippen molar-refractivity contribution in [2.24, 2.45) is 11.1 Å². The first-order valence-corrected chi connectivity index (χ1v) is 6.67. The molecule has 20 heavy (non-hydrogen) atoms. The zero-order valence-electron chi connectivity index (χ0n) is 12.5. The number of nitrogens with two attached hydrogens (primary N) is 1. The van der Waals surface area contributed by atoms with Gasteiger partial charge in [0, 0.05) is 18.3 Å². The Morgan fingerprint density at radius 3 is 2.40 bits per heavy atom. The van der Waals surface area contributed by atoms with Crippen LogP contribution >= 0.6 is 0 Å². The molecule has 0 saturated carbocycles. The second-order valence-corrected chi connectivity index (χ2v) is 5.78. The highest BCUT2D eigenvalue weighted by molar-refractivity contribution is 5.99. The summed E-state index contributed by atoms with van der Waals surface area (Å²) in [5, 5.41) is 5.98. The van der Waals surface area contributed by atoms with E-state index < -0.39 is 11.3 Å². The predicted molar refractivity (Wildman–Crippen MR) is 80.5 cm³/mol. The van der Waals surface area contributed by atoms with E-state index in [1.54, 1.807) is 26.0 Å². The number of rotatable bonds is 6. The van der Waals surface area contributed by atoms with E-state index in [4.69, 9.17) is 5.73 Å². The molecular formula is C15H23N3O2. The average Bonchev–Trinajstić information content (AvgIpc) is 2.36. The van der Waals surface area contributed by atoms with Gasteiger partial charge in [-0.15, -0.1) is 0 Å². The Morgan fingerprint density at radius 1 is 1.25 bits per heavy atom. The van der Waals surface area contributed by atoms with Crippen LogP contribution in [0, 0.1) is 5.41 Å². The van der Waals surface area contributed by atoms with Crippen molar-refractivity contribution in [2.45, 2.75) is 33.7 Å². The molecule has 1 aromatic rings. The van der Waals surface area contributed by atoms with Crippen LogP contribution in [0.1, 0.15) is 38.1 Å². The molecule has 0 bridgehead atoms. The highest BCUT2D eigenvalue weighted by Gasteiger charge is 2.26. The molecule has 5 nitrogen and oxygen atoms in total. The van der Waals surface area contributed by atoms with Gasteiger partial charge in [0.05, 0.1) is 11.0 Å². The molecule has 5 heteroatoms. The maximum absolute atomic E-state index is 12.2. The van der Waals surface area contributed by atoms with E-state index in [0.717, 1.165) is 5.69 Å². The first-order valence-electron chi connectivity index (χ1n) is 6.67. The van der Waals surface area contributed by atoms with Crippen LogP contribution in [-0.2, 0) is 4.79 Å². The quantitative estimate of drug-likeness (QED) is 0.740. The maximum atomic E-state index is 12.2. The van der Waals surface area contributed by atoms with Gasteiger partial charge in [-0.1, -0.05) is 12.1 Å². The lowest BCUT2D eigenvalue weighted by Gasteiger charge is -2.21. The summed E-state index contributed by atoms with van der Waals surface area (Å²) in [5.74, 6) is -0.658. The molecule has 0 spiro atoms. The second kappa shape index (κ2) is 6.41. The van der Waals surface area contributed by atoms with Crippen LogP contribution < -0.4 is 16.4 Å². The standard InChI is InChI=1S/C15H23N3O2/c1-10(2)18-12-8-6-5-7-11(12)13(19)17-9-15(3,4)14(16)20/h5-8,10,18H,9H2,1-4H3,(H2,16,20)(H,17,19). The number of primary amides is 1. The number of carbonyl (C=O) groups excluding carboxylic acids is 2. The Balaban J connectivity index is 2.80. The van der Waals surface area contributed by atoms with Gasteiger partial charge in [0.15, 0.2) is 0 Å². The lowest BCUT2D eigenvalue weighted by Crippen LogP contribution is -2.42. The molecule has 0 aliphatic rings. The molecule has 0 fully saturated rings. The first-order chi connectivity index (χ1) is 9.24.